The molecule has 0 spiro atoms. The Morgan fingerprint density at radius 1 is 1.27 bits per heavy atom. The molecule has 136 valence electrons. The average Bonchev–Trinajstić information content (AvgIpc) is 3.15. The number of aryl methyl sites for hydroxylation is 2. The number of hydrogen-bond donors (Lipinski definition) is 1. The zero-order valence-electron chi connectivity index (χ0n) is 13.9. The van der Waals surface area contributed by atoms with Gasteiger partial charge in [0.25, 0.3) is 0 Å². The van der Waals surface area contributed by atoms with Crippen molar-refractivity contribution in [1.82, 2.24) is 19.6 Å². The molecular formula is C17H16Cl2FN5O. The average molecular weight is 396 g/mol. The van der Waals surface area contributed by atoms with Gasteiger partial charge in [0.1, 0.15) is 10.8 Å². The molecule has 0 aliphatic rings. The normalized spacial score (nSPS) is 10.9. The molecule has 3 rings (SSSR count). The highest BCUT2D eigenvalue weighted by molar-refractivity contribution is 6.33. The van der Waals surface area contributed by atoms with E-state index in [1.54, 1.807) is 16.9 Å². The molecule has 1 N–H and O–H groups in total. The molecule has 0 radical (unpaired) electrons. The topological polar surface area (TPSA) is 64.7 Å². The number of halogens is 3. The molecule has 1 aromatic carbocycles. The Labute approximate surface area is 159 Å². The molecule has 0 saturated carbocycles. The van der Waals surface area contributed by atoms with Crippen LogP contribution in [0.5, 0.6) is 0 Å². The Morgan fingerprint density at radius 2 is 2.08 bits per heavy atom. The van der Waals surface area contributed by atoms with Gasteiger partial charge in [0, 0.05) is 41.6 Å². The minimum absolute atomic E-state index is 0.105. The van der Waals surface area contributed by atoms with Gasteiger partial charge < -0.3 is 5.32 Å². The van der Waals surface area contributed by atoms with Crippen LogP contribution in [-0.2, 0) is 17.9 Å². The number of nitrogens with one attached hydrogen (secondary N) is 1. The lowest BCUT2D eigenvalue weighted by Crippen LogP contribution is -2.16. The van der Waals surface area contributed by atoms with E-state index in [1.807, 2.05) is 13.0 Å². The van der Waals surface area contributed by atoms with E-state index in [9.17, 15) is 9.18 Å². The van der Waals surface area contributed by atoms with Crippen LogP contribution in [0, 0.1) is 12.7 Å². The van der Waals surface area contributed by atoms with Crippen molar-refractivity contribution in [3.8, 4) is 0 Å². The van der Waals surface area contributed by atoms with E-state index in [4.69, 9.17) is 23.2 Å². The number of nitrogens with zero attached hydrogens (tertiary/aromatic N) is 4. The zero-order valence-corrected chi connectivity index (χ0v) is 15.4. The molecule has 0 saturated heterocycles. The number of carbonyl (C=O) groups is 1. The van der Waals surface area contributed by atoms with E-state index in [2.05, 4.69) is 15.5 Å². The molecule has 0 bridgehead atoms. The van der Waals surface area contributed by atoms with Gasteiger partial charge in [-0.15, -0.1) is 0 Å². The summed E-state index contributed by atoms with van der Waals surface area (Å²) in [6.07, 6.45) is 3.42. The number of aromatic nitrogens is 4. The van der Waals surface area contributed by atoms with Gasteiger partial charge in [0.05, 0.1) is 6.54 Å². The Hall–Kier alpha value is -2.38. The minimum atomic E-state index is -0.427. The highest BCUT2D eigenvalue weighted by atomic mass is 35.5. The molecule has 3 aromatic rings. The third kappa shape index (κ3) is 4.23. The fourth-order valence-corrected chi connectivity index (χ4v) is 2.86. The maximum atomic E-state index is 13.9. The van der Waals surface area contributed by atoms with Gasteiger partial charge in [0.15, 0.2) is 5.82 Å². The second-order valence-corrected chi connectivity index (χ2v) is 6.53. The van der Waals surface area contributed by atoms with Crippen molar-refractivity contribution in [3.05, 3.63) is 63.8 Å². The van der Waals surface area contributed by atoms with Crippen molar-refractivity contribution < 1.29 is 9.18 Å². The van der Waals surface area contributed by atoms with Crippen molar-refractivity contribution in [2.45, 2.75) is 26.4 Å². The van der Waals surface area contributed by atoms with Gasteiger partial charge in [-0.2, -0.15) is 10.2 Å². The van der Waals surface area contributed by atoms with E-state index in [0.717, 1.165) is 5.69 Å². The fourth-order valence-electron chi connectivity index (χ4n) is 2.44. The van der Waals surface area contributed by atoms with Crippen LogP contribution in [0.4, 0.5) is 10.2 Å². The summed E-state index contributed by atoms with van der Waals surface area (Å²) >= 11 is 12.1. The van der Waals surface area contributed by atoms with Crippen LogP contribution >= 0.6 is 23.2 Å². The number of amides is 1. The van der Waals surface area contributed by atoms with Crippen molar-refractivity contribution in [2.24, 2.45) is 0 Å². The van der Waals surface area contributed by atoms with Crippen LogP contribution in [-0.4, -0.2) is 25.5 Å². The predicted octanol–water partition coefficient (Wildman–Crippen LogP) is 3.91. The maximum Gasteiger partial charge on any atom is 0.227 e. The Bertz CT molecular complexity index is 917. The summed E-state index contributed by atoms with van der Waals surface area (Å²) in [6.45, 7) is 2.47. The van der Waals surface area contributed by atoms with Gasteiger partial charge in [0.2, 0.25) is 5.91 Å². The number of hydrogen-bond acceptors (Lipinski definition) is 3. The molecule has 6 nitrogen and oxygen atoms in total. The standard InChI is InChI=1S/C17H16Cl2FN5O/c1-11-5-7-21-25(11)8-6-16(26)22-17-14(19)10-24(23-17)9-12-13(18)3-2-4-15(12)20/h2-5,7,10H,6,8-9H2,1H3,(H,22,23,26). The van der Waals surface area contributed by atoms with E-state index < -0.39 is 5.82 Å². The third-order valence-electron chi connectivity index (χ3n) is 3.84. The Morgan fingerprint density at radius 3 is 2.77 bits per heavy atom. The first kappa shape index (κ1) is 18.4. The largest absolute Gasteiger partial charge is 0.308 e. The van der Waals surface area contributed by atoms with Crippen LogP contribution in [0.2, 0.25) is 10.0 Å². The van der Waals surface area contributed by atoms with Gasteiger partial charge in [-0.3, -0.25) is 14.2 Å². The predicted molar refractivity (Wildman–Crippen MR) is 98.0 cm³/mol. The molecule has 0 fully saturated rings. The lowest BCUT2D eigenvalue weighted by Gasteiger charge is -2.06. The second-order valence-electron chi connectivity index (χ2n) is 5.72. The highest BCUT2D eigenvalue weighted by Crippen LogP contribution is 2.23. The zero-order chi connectivity index (χ0) is 18.7. The molecule has 26 heavy (non-hydrogen) atoms. The SMILES string of the molecule is Cc1ccnn1CCC(=O)Nc1nn(Cc2c(F)cccc2Cl)cc1Cl. The molecule has 2 heterocycles. The number of benzene rings is 1. The lowest BCUT2D eigenvalue weighted by atomic mass is 10.2. The third-order valence-corrected chi connectivity index (χ3v) is 4.47. The van der Waals surface area contributed by atoms with Crippen molar-refractivity contribution >= 4 is 34.9 Å². The summed E-state index contributed by atoms with van der Waals surface area (Å²) in [4.78, 5) is 12.1. The van der Waals surface area contributed by atoms with E-state index in [1.165, 1.54) is 23.0 Å². The maximum absolute atomic E-state index is 13.9. The summed E-state index contributed by atoms with van der Waals surface area (Å²) in [5.74, 6) is -0.443. The lowest BCUT2D eigenvalue weighted by molar-refractivity contribution is -0.116. The Kier molecular flexibility index (Phi) is 5.58. The summed E-state index contributed by atoms with van der Waals surface area (Å²) < 4.78 is 17.1. The van der Waals surface area contributed by atoms with Crippen LogP contribution in [0.3, 0.4) is 0 Å². The van der Waals surface area contributed by atoms with Crippen molar-refractivity contribution in [2.75, 3.05) is 5.32 Å². The van der Waals surface area contributed by atoms with Crippen molar-refractivity contribution in [3.63, 3.8) is 0 Å². The van der Waals surface area contributed by atoms with Gasteiger partial charge in [-0.05, 0) is 25.1 Å². The first-order valence-electron chi connectivity index (χ1n) is 7.88. The summed E-state index contributed by atoms with van der Waals surface area (Å²) in [6, 6.07) is 6.33. The van der Waals surface area contributed by atoms with Crippen LogP contribution in [0.1, 0.15) is 17.7 Å². The molecule has 2 aromatic heterocycles. The fraction of sp³-hybridized carbons (Fsp3) is 0.235. The minimum Gasteiger partial charge on any atom is -0.308 e. The molecular weight excluding hydrogens is 380 g/mol. The summed E-state index contributed by atoms with van der Waals surface area (Å²) in [5, 5.41) is 11.5. The van der Waals surface area contributed by atoms with Gasteiger partial charge >= 0.3 is 0 Å². The quantitative estimate of drug-likeness (QED) is 0.687. The van der Waals surface area contributed by atoms with E-state index in [0.29, 0.717) is 17.1 Å². The van der Waals surface area contributed by atoms with E-state index >= 15 is 0 Å². The summed E-state index contributed by atoms with van der Waals surface area (Å²) in [5.41, 5.74) is 1.28. The van der Waals surface area contributed by atoms with Gasteiger partial charge in [-0.1, -0.05) is 29.3 Å². The molecule has 0 unspecified atom stereocenters. The van der Waals surface area contributed by atoms with Crippen LogP contribution in [0.25, 0.3) is 0 Å². The second kappa shape index (κ2) is 7.88. The van der Waals surface area contributed by atoms with E-state index in [-0.39, 0.29) is 29.7 Å². The first-order chi connectivity index (χ1) is 12.4. The van der Waals surface area contributed by atoms with Gasteiger partial charge in [-0.25, -0.2) is 4.39 Å². The number of carbonyl (C=O) groups excluding carboxylic acids is 1. The van der Waals surface area contributed by atoms with Crippen LogP contribution in [0.15, 0.2) is 36.7 Å². The molecule has 1 amide bonds. The molecule has 0 aliphatic carbocycles. The highest BCUT2D eigenvalue weighted by Gasteiger charge is 2.14. The number of rotatable bonds is 6. The molecule has 0 atom stereocenters. The smallest absolute Gasteiger partial charge is 0.227 e. The first-order valence-corrected chi connectivity index (χ1v) is 8.63. The molecule has 9 heteroatoms. The Balaban J connectivity index is 1.64. The number of anilines is 1. The monoisotopic (exact) mass is 395 g/mol. The summed E-state index contributed by atoms with van der Waals surface area (Å²) in [7, 11) is 0. The van der Waals surface area contributed by atoms with Crippen LogP contribution < -0.4 is 5.32 Å². The van der Waals surface area contributed by atoms with Crippen molar-refractivity contribution in [1.29, 1.82) is 0 Å². The molecule has 0 aliphatic heterocycles.